The summed E-state index contributed by atoms with van der Waals surface area (Å²) in [4.78, 5) is 25.0. The summed E-state index contributed by atoms with van der Waals surface area (Å²) in [6.45, 7) is 7.90. The van der Waals surface area contributed by atoms with Crippen LogP contribution < -0.4 is 10.2 Å². The SMILES string of the molecule is CCC(C)NC(=O)c1cnc(N2CCN(C)CC2)nc1. The predicted octanol–water partition coefficient (Wildman–Crippen LogP) is 0.757. The Kier molecular flexibility index (Phi) is 4.89. The minimum Gasteiger partial charge on any atom is -0.350 e. The Morgan fingerprint density at radius 3 is 2.45 bits per heavy atom. The molecule has 2 heterocycles. The lowest BCUT2D eigenvalue weighted by molar-refractivity contribution is 0.0938. The molecule has 1 amide bonds. The zero-order valence-electron chi connectivity index (χ0n) is 12.5. The van der Waals surface area contributed by atoms with Gasteiger partial charge in [-0.1, -0.05) is 6.92 Å². The molecule has 0 radical (unpaired) electrons. The summed E-state index contributed by atoms with van der Waals surface area (Å²) in [5.74, 6) is 0.600. The molecule has 1 aromatic heterocycles. The van der Waals surface area contributed by atoms with Crippen LogP contribution in [0.15, 0.2) is 12.4 Å². The highest BCUT2D eigenvalue weighted by Gasteiger charge is 2.17. The smallest absolute Gasteiger partial charge is 0.254 e. The van der Waals surface area contributed by atoms with Crippen molar-refractivity contribution in [1.82, 2.24) is 20.2 Å². The molecule has 1 aliphatic heterocycles. The molecule has 1 unspecified atom stereocenters. The van der Waals surface area contributed by atoms with E-state index in [1.807, 2.05) is 13.8 Å². The van der Waals surface area contributed by atoms with Gasteiger partial charge < -0.3 is 15.1 Å². The summed E-state index contributed by atoms with van der Waals surface area (Å²) in [6.07, 6.45) is 4.13. The molecule has 1 aromatic rings. The van der Waals surface area contributed by atoms with Crippen molar-refractivity contribution in [2.45, 2.75) is 26.3 Å². The standard InChI is InChI=1S/C14H23N5O/c1-4-11(2)17-13(20)12-9-15-14(16-10-12)19-7-5-18(3)6-8-19/h9-11H,4-8H2,1-3H3,(H,17,20). The van der Waals surface area contributed by atoms with Gasteiger partial charge in [0, 0.05) is 44.6 Å². The molecule has 1 aliphatic rings. The number of hydrogen-bond acceptors (Lipinski definition) is 5. The molecule has 0 spiro atoms. The highest BCUT2D eigenvalue weighted by atomic mass is 16.1. The van der Waals surface area contributed by atoms with Gasteiger partial charge in [-0.15, -0.1) is 0 Å². The van der Waals surface area contributed by atoms with Crippen molar-refractivity contribution in [2.75, 3.05) is 38.1 Å². The number of likely N-dealkylation sites (N-methyl/N-ethyl adjacent to an activating group) is 1. The number of carbonyl (C=O) groups excluding carboxylic acids is 1. The van der Waals surface area contributed by atoms with Gasteiger partial charge in [0.15, 0.2) is 0 Å². The quantitative estimate of drug-likeness (QED) is 0.880. The van der Waals surface area contributed by atoms with E-state index in [0.29, 0.717) is 11.5 Å². The molecule has 6 nitrogen and oxygen atoms in total. The van der Waals surface area contributed by atoms with Crippen molar-refractivity contribution in [2.24, 2.45) is 0 Å². The van der Waals surface area contributed by atoms with Gasteiger partial charge in [0.2, 0.25) is 5.95 Å². The van der Waals surface area contributed by atoms with Crippen LogP contribution >= 0.6 is 0 Å². The molecule has 1 fully saturated rings. The fraction of sp³-hybridized carbons (Fsp3) is 0.643. The van der Waals surface area contributed by atoms with Gasteiger partial charge in [0.05, 0.1) is 5.56 Å². The number of piperazine rings is 1. The highest BCUT2D eigenvalue weighted by Crippen LogP contribution is 2.10. The van der Waals surface area contributed by atoms with Crippen molar-refractivity contribution < 1.29 is 4.79 Å². The maximum absolute atomic E-state index is 11.9. The lowest BCUT2D eigenvalue weighted by atomic mass is 10.2. The molecule has 2 rings (SSSR count). The van der Waals surface area contributed by atoms with Crippen molar-refractivity contribution in [3.05, 3.63) is 18.0 Å². The largest absolute Gasteiger partial charge is 0.350 e. The lowest BCUT2D eigenvalue weighted by Gasteiger charge is -2.32. The number of rotatable bonds is 4. The molecule has 0 aromatic carbocycles. The number of hydrogen-bond donors (Lipinski definition) is 1. The van der Waals surface area contributed by atoms with Crippen LogP contribution in [0.4, 0.5) is 5.95 Å². The Morgan fingerprint density at radius 2 is 1.90 bits per heavy atom. The maximum Gasteiger partial charge on any atom is 0.254 e. The average molecular weight is 277 g/mol. The van der Waals surface area contributed by atoms with Crippen LogP contribution in [0.1, 0.15) is 30.6 Å². The third-order valence-electron chi connectivity index (χ3n) is 3.68. The minimum absolute atomic E-state index is 0.107. The van der Waals surface area contributed by atoms with E-state index in [1.54, 1.807) is 12.4 Å². The zero-order chi connectivity index (χ0) is 14.5. The van der Waals surface area contributed by atoms with Crippen LogP contribution in [0, 0.1) is 0 Å². The van der Waals surface area contributed by atoms with Gasteiger partial charge in [-0.05, 0) is 20.4 Å². The number of anilines is 1. The topological polar surface area (TPSA) is 61.4 Å². The number of amides is 1. The van der Waals surface area contributed by atoms with Crippen molar-refractivity contribution >= 4 is 11.9 Å². The van der Waals surface area contributed by atoms with Gasteiger partial charge in [-0.3, -0.25) is 4.79 Å². The fourth-order valence-corrected chi connectivity index (χ4v) is 2.02. The van der Waals surface area contributed by atoms with Crippen molar-refractivity contribution in [3.8, 4) is 0 Å². The molecule has 0 saturated carbocycles. The summed E-state index contributed by atoms with van der Waals surface area (Å²) in [6, 6.07) is 0.166. The van der Waals surface area contributed by atoms with Crippen molar-refractivity contribution in [3.63, 3.8) is 0 Å². The molecular formula is C14H23N5O. The van der Waals surface area contributed by atoms with E-state index in [2.05, 4.69) is 32.1 Å². The maximum atomic E-state index is 11.9. The minimum atomic E-state index is -0.107. The van der Waals surface area contributed by atoms with E-state index >= 15 is 0 Å². The zero-order valence-corrected chi connectivity index (χ0v) is 12.5. The van der Waals surface area contributed by atoms with E-state index in [0.717, 1.165) is 32.6 Å². The van der Waals surface area contributed by atoms with E-state index in [9.17, 15) is 4.79 Å². The van der Waals surface area contributed by atoms with Crippen molar-refractivity contribution in [1.29, 1.82) is 0 Å². The van der Waals surface area contributed by atoms with Crippen LogP contribution in [-0.2, 0) is 0 Å². The molecule has 1 saturated heterocycles. The Hall–Kier alpha value is -1.69. The van der Waals surface area contributed by atoms with Gasteiger partial charge in [0.1, 0.15) is 0 Å². The number of aromatic nitrogens is 2. The monoisotopic (exact) mass is 277 g/mol. The Labute approximate surface area is 120 Å². The number of nitrogens with one attached hydrogen (secondary N) is 1. The first-order chi connectivity index (χ1) is 9.60. The third-order valence-corrected chi connectivity index (χ3v) is 3.68. The van der Waals surface area contributed by atoms with Gasteiger partial charge in [0.25, 0.3) is 5.91 Å². The van der Waals surface area contributed by atoms with Crippen LogP contribution in [0.3, 0.4) is 0 Å². The van der Waals surface area contributed by atoms with Crippen LogP contribution in [0.5, 0.6) is 0 Å². The van der Waals surface area contributed by atoms with Gasteiger partial charge in [-0.2, -0.15) is 0 Å². The van der Waals surface area contributed by atoms with Gasteiger partial charge in [-0.25, -0.2) is 9.97 Å². The second-order valence-corrected chi connectivity index (χ2v) is 5.34. The first kappa shape index (κ1) is 14.7. The second-order valence-electron chi connectivity index (χ2n) is 5.34. The van der Waals surface area contributed by atoms with E-state index in [1.165, 1.54) is 0 Å². The second kappa shape index (κ2) is 6.65. The third kappa shape index (κ3) is 3.66. The Morgan fingerprint density at radius 1 is 1.30 bits per heavy atom. The molecule has 20 heavy (non-hydrogen) atoms. The van der Waals surface area contributed by atoms with E-state index in [4.69, 9.17) is 0 Å². The average Bonchev–Trinajstić information content (AvgIpc) is 2.48. The summed E-state index contributed by atoms with van der Waals surface area (Å²) >= 11 is 0. The fourth-order valence-electron chi connectivity index (χ4n) is 2.02. The van der Waals surface area contributed by atoms with Crippen LogP contribution in [0.25, 0.3) is 0 Å². The van der Waals surface area contributed by atoms with E-state index < -0.39 is 0 Å². The van der Waals surface area contributed by atoms with Gasteiger partial charge >= 0.3 is 0 Å². The normalized spacial score (nSPS) is 17.9. The first-order valence-electron chi connectivity index (χ1n) is 7.16. The first-order valence-corrected chi connectivity index (χ1v) is 7.16. The summed E-state index contributed by atoms with van der Waals surface area (Å²) in [5, 5.41) is 2.91. The molecule has 1 atom stereocenters. The molecular weight excluding hydrogens is 254 g/mol. The highest BCUT2D eigenvalue weighted by molar-refractivity contribution is 5.93. The molecule has 6 heteroatoms. The predicted molar refractivity (Wildman–Crippen MR) is 79.0 cm³/mol. The number of carbonyl (C=O) groups is 1. The van der Waals surface area contributed by atoms with Crippen LogP contribution in [-0.4, -0.2) is 60.0 Å². The summed E-state index contributed by atoms with van der Waals surface area (Å²) < 4.78 is 0. The van der Waals surface area contributed by atoms with Crippen LogP contribution in [0.2, 0.25) is 0 Å². The Bertz CT molecular complexity index is 439. The van der Waals surface area contributed by atoms with E-state index in [-0.39, 0.29) is 11.9 Å². The molecule has 1 N–H and O–H groups in total. The molecule has 110 valence electrons. The molecule has 0 aliphatic carbocycles. The Balaban J connectivity index is 1.97. The summed E-state index contributed by atoms with van der Waals surface area (Å²) in [7, 11) is 2.11. The number of nitrogens with zero attached hydrogens (tertiary/aromatic N) is 4. The lowest BCUT2D eigenvalue weighted by Crippen LogP contribution is -2.45. The summed E-state index contributed by atoms with van der Waals surface area (Å²) in [5.41, 5.74) is 0.517. The molecule has 0 bridgehead atoms.